The minimum atomic E-state index is -0.537. The van der Waals surface area contributed by atoms with Crippen LogP contribution in [0.15, 0.2) is 29.6 Å². The molecule has 0 aromatic carbocycles. The molecule has 25 heavy (non-hydrogen) atoms. The van der Waals surface area contributed by atoms with Crippen molar-refractivity contribution in [3.05, 3.63) is 46.7 Å². The SMILES string of the molecule is Cn1ccnc1C(O)C1CCN(Cc2cc(=O)n3[nH]cnc3n2)CC1. The molecule has 1 saturated heterocycles. The van der Waals surface area contributed by atoms with Gasteiger partial charge in [0.15, 0.2) is 0 Å². The number of imidazole rings is 1. The molecule has 1 atom stereocenters. The van der Waals surface area contributed by atoms with Crippen molar-refractivity contribution in [2.45, 2.75) is 25.5 Å². The summed E-state index contributed by atoms with van der Waals surface area (Å²) in [4.78, 5) is 27.0. The lowest BCUT2D eigenvalue weighted by atomic mass is 9.90. The number of likely N-dealkylation sites (tertiary alicyclic amines) is 1. The number of piperidine rings is 1. The fourth-order valence-electron chi connectivity index (χ4n) is 3.48. The summed E-state index contributed by atoms with van der Waals surface area (Å²) in [6.45, 7) is 2.32. The molecule has 1 aliphatic rings. The zero-order valence-corrected chi connectivity index (χ0v) is 14.0. The highest BCUT2D eigenvalue weighted by Crippen LogP contribution is 2.30. The highest BCUT2D eigenvalue weighted by atomic mass is 16.3. The lowest BCUT2D eigenvalue weighted by Crippen LogP contribution is -2.36. The molecule has 0 bridgehead atoms. The predicted octanol–water partition coefficient (Wildman–Crippen LogP) is 0.0967. The van der Waals surface area contributed by atoms with Gasteiger partial charge in [-0.25, -0.2) is 15.0 Å². The molecule has 1 aliphatic heterocycles. The molecule has 0 spiro atoms. The van der Waals surface area contributed by atoms with E-state index in [-0.39, 0.29) is 11.5 Å². The molecule has 0 amide bonds. The summed E-state index contributed by atoms with van der Waals surface area (Å²) in [6, 6.07) is 1.54. The van der Waals surface area contributed by atoms with Crippen molar-refractivity contribution < 1.29 is 5.11 Å². The summed E-state index contributed by atoms with van der Waals surface area (Å²) in [5, 5.41) is 13.3. The first-order chi connectivity index (χ1) is 12.1. The topological polar surface area (TPSA) is 104 Å². The second-order valence-electron chi connectivity index (χ2n) is 6.56. The van der Waals surface area contributed by atoms with Crippen LogP contribution in [0, 0.1) is 5.92 Å². The first-order valence-corrected chi connectivity index (χ1v) is 8.41. The number of rotatable bonds is 4. The highest BCUT2D eigenvalue weighted by molar-refractivity contribution is 5.26. The maximum Gasteiger partial charge on any atom is 0.274 e. The zero-order valence-electron chi connectivity index (χ0n) is 14.0. The molecule has 1 fully saturated rings. The van der Waals surface area contributed by atoms with E-state index in [1.165, 1.54) is 10.8 Å². The van der Waals surface area contributed by atoms with Gasteiger partial charge in [-0.1, -0.05) is 0 Å². The Morgan fingerprint density at radius 1 is 1.36 bits per heavy atom. The van der Waals surface area contributed by atoms with Crippen molar-refractivity contribution in [2.24, 2.45) is 13.0 Å². The summed E-state index contributed by atoms with van der Waals surface area (Å²) >= 11 is 0. The van der Waals surface area contributed by atoms with Gasteiger partial charge in [0.05, 0.1) is 5.69 Å². The summed E-state index contributed by atoms with van der Waals surface area (Å²) in [5.41, 5.74) is 0.567. The Kier molecular flexibility index (Phi) is 4.10. The van der Waals surface area contributed by atoms with E-state index in [9.17, 15) is 9.90 Å². The first kappa shape index (κ1) is 16.0. The second-order valence-corrected chi connectivity index (χ2v) is 6.56. The Morgan fingerprint density at radius 3 is 2.88 bits per heavy atom. The fourth-order valence-corrected chi connectivity index (χ4v) is 3.48. The molecule has 0 aliphatic carbocycles. The van der Waals surface area contributed by atoms with Crippen molar-refractivity contribution in [3.8, 4) is 0 Å². The number of aromatic amines is 1. The van der Waals surface area contributed by atoms with Crippen molar-refractivity contribution in [1.29, 1.82) is 0 Å². The maximum absolute atomic E-state index is 12.0. The van der Waals surface area contributed by atoms with Crippen LogP contribution in [0.3, 0.4) is 0 Å². The van der Waals surface area contributed by atoms with Gasteiger partial charge < -0.3 is 9.67 Å². The molecule has 2 N–H and O–H groups in total. The predicted molar refractivity (Wildman–Crippen MR) is 89.8 cm³/mol. The molecule has 1 unspecified atom stereocenters. The van der Waals surface area contributed by atoms with Gasteiger partial charge in [-0.2, -0.15) is 4.52 Å². The van der Waals surface area contributed by atoms with Gasteiger partial charge in [0.2, 0.25) is 0 Å². The molecule has 3 aromatic rings. The van der Waals surface area contributed by atoms with Crippen LogP contribution in [0.4, 0.5) is 0 Å². The summed E-state index contributed by atoms with van der Waals surface area (Å²) in [6.07, 6.45) is 6.25. The van der Waals surface area contributed by atoms with E-state index in [1.54, 1.807) is 12.3 Å². The van der Waals surface area contributed by atoms with Crippen molar-refractivity contribution in [3.63, 3.8) is 0 Å². The highest BCUT2D eigenvalue weighted by Gasteiger charge is 2.28. The molecule has 0 radical (unpaired) electrons. The van der Waals surface area contributed by atoms with E-state index in [1.807, 2.05) is 17.8 Å². The molecular formula is C16H21N7O2. The number of H-pyrrole nitrogens is 1. The molecule has 4 rings (SSSR count). The largest absolute Gasteiger partial charge is 0.385 e. The van der Waals surface area contributed by atoms with Crippen molar-refractivity contribution in [1.82, 2.24) is 34.0 Å². The average molecular weight is 343 g/mol. The number of nitrogens with one attached hydrogen (secondary N) is 1. The van der Waals surface area contributed by atoms with Gasteiger partial charge in [0, 0.05) is 32.1 Å². The first-order valence-electron chi connectivity index (χ1n) is 8.41. The number of nitrogens with zero attached hydrogens (tertiary/aromatic N) is 6. The van der Waals surface area contributed by atoms with Crippen LogP contribution in [0.5, 0.6) is 0 Å². The van der Waals surface area contributed by atoms with Gasteiger partial charge in [-0.15, -0.1) is 0 Å². The smallest absolute Gasteiger partial charge is 0.274 e. The van der Waals surface area contributed by atoms with Crippen LogP contribution >= 0.6 is 0 Å². The van der Waals surface area contributed by atoms with Gasteiger partial charge in [-0.05, 0) is 31.8 Å². The minimum Gasteiger partial charge on any atom is -0.385 e. The van der Waals surface area contributed by atoms with Gasteiger partial charge in [0.1, 0.15) is 18.3 Å². The van der Waals surface area contributed by atoms with Crippen molar-refractivity contribution in [2.75, 3.05) is 13.1 Å². The molecule has 132 valence electrons. The number of aromatic nitrogens is 6. The van der Waals surface area contributed by atoms with Crippen LogP contribution in [-0.4, -0.2) is 52.2 Å². The van der Waals surface area contributed by atoms with Crippen LogP contribution in [-0.2, 0) is 13.6 Å². The Hall–Kier alpha value is -2.52. The standard InChI is InChI=1S/C16H21N7O2/c1-21-7-4-17-15(21)14(25)11-2-5-22(6-3-11)9-12-8-13(24)23-16(20-12)18-10-19-23/h4,7-8,10-11,14,25H,2-3,5-6,9H2,1H3,(H,18,19,20). The third kappa shape index (κ3) is 3.08. The molecular weight excluding hydrogens is 322 g/mol. The average Bonchev–Trinajstić information content (AvgIpc) is 3.24. The number of hydrogen-bond donors (Lipinski definition) is 2. The Bertz CT molecular complexity index is 920. The quantitative estimate of drug-likeness (QED) is 0.696. The Balaban J connectivity index is 1.40. The Labute approximate surface area is 144 Å². The molecule has 3 aromatic heterocycles. The summed E-state index contributed by atoms with van der Waals surface area (Å²) < 4.78 is 3.19. The van der Waals surface area contributed by atoms with Crippen LogP contribution in [0.2, 0.25) is 0 Å². The molecule has 9 heteroatoms. The van der Waals surface area contributed by atoms with Gasteiger partial charge in [-0.3, -0.25) is 14.8 Å². The zero-order chi connectivity index (χ0) is 17.4. The lowest BCUT2D eigenvalue weighted by Gasteiger charge is -2.33. The normalized spacial score (nSPS) is 18.0. The van der Waals surface area contributed by atoms with E-state index in [0.717, 1.165) is 37.4 Å². The summed E-state index contributed by atoms with van der Waals surface area (Å²) in [7, 11) is 1.90. The number of fused-ring (bicyclic) bond motifs is 1. The fraction of sp³-hybridized carbons (Fsp3) is 0.500. The third-order valence-corrected chi connectivity index (χ3v) is 4.91. The monoisotopic (exact) mass is 343 g/mol. The van der Waals surface area contributed by atoms with E-state index in [4.69, 9.17) is 0 Å². The second kappa shape index (κ2) is 6.41. The number of hydrogen-bond acceptors (Lipinski definition) is 6. The van der Waals surface area contributed by atoms with Gasteiger partial charge in [0.25, 0.3) is 11.3 Å². The minimum absolute atomic E-state index is 0.155. The van der Waals surface area contributed by atoms with Gasteiger partial charge >= 0.3 is 0 Å². The number of aryl methyl sites for hydroxylation is 1. The van der Waals surface area contributed by atoms with E-state index >= 15 is 0 Å². The van der Waals surface area contributed by atoms with Crippen LogP contribution in [0.25, 0.3) is 5.78 Å². The number of aliphatic hydroxyl groups is 1. The van der Waals surface area contributed by atoms with Crippen LogP contribution < -0.4 is 5.56 Å². The van der Waals surface area contributed by atoms with E-state index in [0.29, 0.717) is 12.3 Å². The molecule has 9 nitrogen and oxygen atoms in total. The third-order valence-electron chi connectivity index (χ3n) is 4.91. The molecule has 4 heterocycles. The Morgan fingerprint density at radius 2 is 2.16 bits per heavy atom. The lowest BCUT2D eigenvalue weighted by molar-refractivity contribution is 0.0489. The van der Waals surface area contributed by atoms with Crippen molar-refractivity contribution >= 4 is 5.78 Å². The van der Waals surface area contributed by atoms with E-state index in [2.05, 4.69) is 25.0 Å². The number of aliphatic hydroxyl groups excluding tert-OH is 1. The van der Waals surface area contributed by atoms with Crippen LogP contribution in [0.1, 0.15) is 30.5 Å². The maximum atomic E-state index is 12.0. The van der Waals surface area contributed by atoms with E-state index < -0.39 is 6.10 Å². The molecule has 0 saturated carbocycles. The summed E-state index contributed by atoms with van der Waals surface area (Å²) in [5.74, 6) is 1.31.